The second kappa shape index (κ2) is 6.06. The van der Waals surface area contributed by atoms with Crippen LogP contribution in [0.2, 0.25) is 0 Å². The molecule has 1 aliphatic carbocycles. The van der Waals surface area contributed by atoms with Gasteiger partial charge in [0.15, 0.2) is 0 Å². The Hall–Kier alpha value is -2.93. The van der Waals surface area contributed by atoms with Crippen LogP contribution in [-0.2, 0) is 4.79 Å². The van der Waals surface area contributed by atoms with Gasteiger partial charge in [0.1, 0.15) is 4.60 Å². The van der Waals surface area contributed by atoms with Crippen LogP contribution in [0.4, 0.5) is 0 Å². The highest BCUT2D eigenvalue weighted by atomic mass is 79.9. The van der Waals surface area contributed by atoms with E-state index in [1.807, 2.05) is 24.3 Å². The van der Waals surface area contributed by atoms with Crippen molar-refractivity contribution in [1.82, 2.24) is 10.1 Å². The van der Waals surface area contributed by atoms with E-state index in [9.17, 15) is 9.59 Å². The number of aromatic nitrogens is 1. The molecule has 1 aromatic heterocycles. The van der Waals surface area contributed by atoms with Gasteiger partial charge in [-0.05, 0) is 46.0 Å². The lowest BCUT2D eigenvalue weighted by Gasteiger charge is -2.10. The van der Waals surface area contributed by atoms with E-state index in [0.717, 1.165) is 22.9 Å². The molecule has 2 amide bonds. The SMILES string of the molecule is O=C1NN=Cc2c(Br)n(NC(=O)[C@@H]3C[C@H]3c3ccccc3)c3cccc1c23. The summed E-state index contributed by atoms with van der Waals surface area (Å²) >= 11 is 3.55. The zero-order chi connectivity index (χ0) is 18.5. The number of carbonyl (C=O) groups excluding carboxylic acids is 2. The number of hydrazone groups is 1. The lowest BCUT2D eigenvalue weighted by atomic mass is 10.1. The molecule has 1 saturated carbocycles. The molecule has 0 bridgehead atoms. The number of nitrogens with one attached hydrogen (secondary N) is 2. The van der Waals surface area contributed by atoms with E-state index in [1.54, 1.807) is 23.0 Å². The lowest BCUT2D eigenvalue weighted by molar-refractivity contribution is -0.118. The monoisotopic (exact) mass is 422 g/mol. The third-order valence-corrected chi connectivity index (χ3v) is 5.93. The molecule has 0 unspecified atom stereocenters. The van der Waals surface area contributed by atoms with Gasteiger partial charge in [-0.3, -0.25) is 15.0 Å². The molecular formula is C20H15BrN4O2. The number of hydrogen-bond donors (Lipinski definition) is 2. The van der Waals surface area contributed by atoms with Crippen LogP contribution in [0.15, 0.2) is 58.2 Å². The van der Waals surface area contributed by atoms with Crippen molar-refractivity contribution in [1.29, 1.82) is 0 Å². The third kappa shape index (κ3) is 2.57. The van der Waals surface area contributed by atoms with E-state index < -0.39 is 0 Å². The minimum Gasteiger partial charge on any atom is -0.273 e. The van der Waals surface area contributed by atoms with E-state index >= 15 is 0 Å². The summed E-state index contributed by atoms with van der Waals surface area (Å²) in [6.45, 7) is 0. The van der Waals surface area contributed by atoms with Crippen LogP contribution >= 0.6 is 15.9 Å². The van der Waals surface area contributed by atoms with Gasteiger partial charge in [-0.2, -0.15) is 5.10 Å². The zero-order valence-electron chi connectivity index (χ0n) is 14.1. The van der Waals surface area contributed by atoms with E-state index in [2.05, 4.69) is 44.0 Å². The normalized spacial score (nSPS) is 20.3. The summed E-state index contributed by atoms with van der Waals surface area (Å²) in [5.74, 6) is -0.0870. The maximum Gasteiger partial charge on any atom is 0.272 e. The summed E-state index contributed by atoms with van der Waals surface area (Å²) in [5.41, 5.74) is 8.72. The highest BCUT2D eigenvalue weighted by molar-refractivity contribution is 9.10. The molecule has 1 aliphatic heterocycles. The summed E-state index contributed by atoms with van der Waals surface area (Å²) in [6.07, 6.45) is 2.43. The number of carbonyl (C=O) groups is 2. The number of rotatable bonds is 3. The predicted molar refractivity (Wildman–Crippen MR) is 106 cm³/mol. The van der Waals surface area contributed by atoms with Crippen molar-refractivity contribution >= 4 is 44.9 Å². The predicted octanol–water partition coefficient (Wildman–Crippen LogP) is 3.35. The number of halogens is 1. The van der Waals surface area contributed by atoms with Gasteiger partial charge in [-0.1, -0.05) is 36.4 Å². The highest BCUT2D eigenvalue weighted by Crippen LogP contribution is 2.47. The van der Waals surface area contributed by atoms with Gasteiger partial charge >= 0.3 is 0 Å². The van der Waals surface area contributed by atoms with Crippen LogP contribution in [0.1, 0.15) is 33.8 Å². The van der Waals surface area contributed by atoms with Crippen molar-refractivity contribution in [2.24, 2.45) is 11.0 Å². The highest BCUT2D eigenvalue weighted by Gasteiger charge is 2.44. The molecule has 2 aromatic carbocycles. The fourth-order valence-corrected chi connectivity index (χ4v) is 4.30. The Kier molecular flexibility index (Phi) is 3.65. The molecule has 7 heteroatoms. The number of benzene rings is 2. The van der Waals surface area contributed by atoms with Crippen molar-refractivity contribution < 1.29 is 9.59 Å². The molecule has 134 valence electrons. The van der Waals surface area contributed by atoms with Crippen LogP contribution in [0, 0.1) is 5.92 Å². The summed E-state index contributed by atoms with van der Waals surface area (Å²) < 4.78 is 2.36. The minimum atomic E-state index is -0.266. The second-order valence-electron chi connectivity index (χ2n) is 6.77. The molecular weight excluding hydrogens is 408 g/mol. The van der Waals surface area contributed by atoms with Crippen molar-refractivity contribution in [3.05, 3.63) is 69.8 Å². The van der Waals surface area contributed by atoms with Gasteiger partial charge < -0.3 is 0 Å². The third-order valence-electron chi connectivity index (χ3n) is 5.15. The maximum atomic E-state index is 12.8. The molecule has 2 aliphatic rings. The molecule has 2 heterocycles. The van der Waals surface area contributed by atoms with Crippen LogP contribution in [-0.4, -0.2) is 22.7 Å². The smallest absolute Gasteiger partial charge is 0.272 e. The van der Waals surface area contributed by atoms with Gasteiger partial charge in [0, 0.05) is 16.9 Å². The molecule has 0 radical (unpaired) electrons. The Balaban J connectivity index is 1.50. The first-order valence-corrected chi connectivity index (χ1v) is 9.46. The fraction of sp³-hybridized carbons (Fsp3) is 0.150. The first-order chi connectivity index (χ1) is 13.1. The first kappa shape index (κ1) is 16.3. The molecule has 3 aromatic rings. The number of nitrogens with zero attached hydrogens (tertiary/aromatic N) is 2. The Morgan fingerprint density at radius 3 is 2.81 bits per heavy atom. The fourth-order valence-electron chi connectivity index (χ4n) is 3.72. The molecule has 5 rings (SSSR count). The van der Waals surface area contributed by atoms with Gasteiger partial charge in [-0.15, -0.1) is 0 Å². The van der Waals surface area contributed by atoms with E-state index in [1.165, 1.54) is 5.56 Å². The molecule has 2 N–H and O–H groups in total. The molecule has 0 saturated heterocycles. The molecule has 6 nitrogen and oxygen atoms in total. The standard InChI is InChI=1S/C20H15BrN4O2/c21-18-15-10-22-23-19(26)12-7-4-8-16(17(12)15)25(18)24-20(27)14-9-13(14)11-5-2-1-3-6-11/h1-8,10,13-14H,9H2,(H,23,26)(H,24,27)/t13-,14+/m0/s1. The lowest BCUT2D eigenvalue weighted by Crippen LogP contribution is -2.25. The molecule has 27 heavy (non-hydrogen) atoms. The summed E-state index contributed by atoms with van der Waals surface area (Å²) in [6, 6.07) is 15.5. The van der Waals surface area contributed by atoms with E-state index in [-0.39, 0.29) is 23.7 Å². The summed E-state index contributed by atoms with van der Waals surface area (Å²) in [5, 5.41) is 4.73. The van der Waals surface area contributed by atoms with Gasteiger partial charge in [0.05, 0.1) is 17.3 Å². The van der Waals surface area contributed by atoms with Crippen LogP contribution in [0.3, 0.4) is 0 Å². The van der Waals surface area contributed by atoms with Crippen molar-refractivity contribution in [2.75, 3.05) is 5.43 Å². The Labute approximate surface area is 163 Å². The topological polar surface area (TPSA) is 75.5 Å². The van der Waals surface area contributed by atoms with E-state index in [0.29, 0.717) is 10.2 Å². The van der Waals surface area contributed by atoms with Gasteiger partial charge in [0.25, 0.3) is 5.91 Å². The quantitative estimate of drug-likeness (QED) is 0.678. The summed E-state index contributed by atoms with van der Waals surface area (Å²) in [4.78, 5) is 25.0. The first-order valence-electron chi connectivity index (χ1n) is 8.67. The van der Waals surface area contributed by atoms with Crippen LogP contribution in [0.5, 0.6) is 0 Å². The minimum absolute atomic E-state index is 0.0307. The van der Waals surface area contributed by atoms with E-state index in [4.69, 9.17) is 0 Å². The Morgan fingerprint density at radius 2 is 2.00 bits per heavy atom. The van der Waals surface area contributed by atoms with Crippen molar-refractivity contribution in [2.45, 2.75) is 12.3 Å². The largest absolute Gasteiger partial charge is 0.273 e. The zero-order valence-corrected chi connectivity index (χ0v) is 15.7. The van der Waals surface area contributed by atoms with Gasteiger partial charge in [0.2, 0.25) is 5.91 Å². The van der Waals surface area contributed by atoms with Crippen molar-refractivity contribution in [3.63, 3.8) is 0 Å². The van der Waals surface area contributed by atoms with Crippen LogP contribution in [0.25, 0.3) is 10.9 Å². The maximum absolute atomic E-state index is 12.8. The van der Waals surface area contributed by atoms with Crippen LogP contribution < -0.4 is 10.9 Å². The summed E-state index contributed by atoms with van der Waals surface area (Å²) in [7, 11) is 0. The molecule has 1 fully saturated rings. The average Bonchev–Trinajstić information content (AvgIpc) is 3.47. The number of hydrogen-bond acceptors (Lipinski definition) is 3. The Bertz CT molecular complexity index is 1120. The molecule has 0 spiro atoms. The van der Waals surface area contributed by atoms with Crippen molar-refractivity contribution in [3.8, 4) is 0 Å². The van der Waals surface area contributed by atoms with Gasteiger partial charge in [-0.25, -0.2) is 10.1 Å². The molecule has 2 atom stereocenters. The second-order valence-corrected chi connectivity index (χ2v) is 7.53. The Morgan fingerprint density at radius 1 is 1.19 bits per heavy atom. The number of amides is 2. The average molecular weight is 423 g/mol.